The van der Waals surface area contributed by atoms with E-state index in [2.05, 4.69) is 4.98 Å². The van der Waals surface area contributed by atoms with Crippen LogP contribution in [0.3, 0.4) is 0 Å². The summed E-state index contributed by atoms with van der Waals surface area (Å²) in [6.45, 7) is 0.655. The second-order valence-corrected chi connectivity index (χ2v) is 6.95. The van der Waals surface area contributed by atoms with E-state index in [1.165, 1.54) is 13.3 Å². The van der Waals surface area contributed by atoms with Crippen LogP contribution in [0, 0.1) is 0 Å². The van der Waals surface area contributed by atoms with Crippen molar-refractivity contribution < 1.29 is 27.5 Å². The maximum Gasteiger partial charge on any atom is 0.406 e. The number of halogens is 3. The molecule has 0 aromatic carbocycles. The summed E-state index contributed by atoms with van der Waals surface area (Å²) in [5.41, 5.74) is 0.444. The van der Waals surface area contributed by atoms with Crippen molar-refractivity contribution in [3.63, 3.8) is 0 Å². The van der Waals surface area contributed by atoms with Gasteiger partial charge in [-0.05, 0) is 18.9 Å². The normalized spacial score (nSPS) is 21.7. The molecule has 1 unspecified atom stereocenters. The summed E-state index contributed by atoms with van der Waals surface area (Å²) in [5, 5.41) is 0. The minimum Gasteiger partial charge on any atom is -0.481 e. The third kappa shape index (κ3) is 4.73. The Morgan fingerprint density at radius 2 is 1.93 bits per heavy atom. The van der Waals surface area contributed by atoms with Crippen molar-refractivity contribution in [1.82, 2.24) is 19.7 Å². The first kappa shape index (κ1) is 20.4. The molecule has 0 saturated carbocycles. The van der Waals surface area contributed by atoms with E-state index in [4.69, 9.17) is 4.74 Å². The summed E-state index contributed by atoms with van der Waals surface area (Å²) < 4.78 is 43.0. The molecule has 28 heavy (non-hydrogen) atoms. The van der Waals surface area contributed by atoms with Gasteiger partial charge < -0.3 is 14.5 Å². The number of nitrogens with zero attached hydrogens (tertiary/aromatic N) is 4. The number of alkyl halides is 3. The van der Waals surface area contributed by atoms with Crippen molar-refractivity contribution in [2.75, 3.05) is 46.4 Å². The van der Waals surface area contributed by atoms with Crippen LogP contribution in [0.15, 0.2) is 18.3 Å². The second kappa shape index (κ2) is 8.34. The molecule has 2 aliphatic heterocycles. The van der Waals surface area contributed by atoms with Crippen molar-refractivity contribution in [3.8, 4) is 5.88 Å². The quantitative estimate of drug-likeness (QED) is 0.765. The number of rotatable bonds is 4. The fourth-order valence-electron chi connectivity index (χ4n) is 3.68. The van der Waals surface area contributed by atoms with Crippen molar-refractivity contribution in [3.05, 3.63) is 23.9 Å². The Labute approximate surface area is 161 Å². The fraction of sp³-hybridized carbons (Fsp3) is 0.611. The van der Waals surface area contributed by atoms with Crippen LogP contribution in [0.2, 0.25) is 0 Å². The zero-order valence-corrected chi connectivity index (χ0v) is 15.6. The van der Waals surface area contributed by atoms with Gasteiger partial charge in [-0.3, -0.25) is 14.5 Å². The Hall–Kier alpha value is -2.36. The lowest BCUT2D eigenvalue weighted by Crippen LogP contribution is -2.59. The lowest BCUT2D eigenvalue weighted by atomic mass is 10.0. The van der Waals surface area contributed by atoms with Gasteiger partial charge in [-0.15, -0.1) is 0 Å². The molecule has 0 bridgehead atoms. The van der Waals surface area contributed by atoms with Gasteiger partial charge in [0.25, 0.3) is 5.91 Å². The van der Waals surface area contributed by atoms with Crippen LogP contribution in [0.4, 0.5) is 13.2 Å². The van der Waals surface area contributed by atoms with E-state index in [1.807, 2.05) is 4.90 Å². The van der Waals surface area contributed by atoms with Crippen molar-refractivity contribution >= 4 is 11.8 Å². The molecule has 3 heterocycles. The first-order valence-corrected chi connectivity index (χ1v) is 9.17. The van der Waals surface area contributed by atoms with Crippen LogP contribution in [-0.4, -0.2) is 90.1 Å². The minimum atomic E-state index is -4.39. The first-order chi connectivity index (χ1) is 13.3. The van der Waals surface area contributed by atoms with E-state index >= 15 is 0 Å². The zero-order chi connectivity index (χ0) is 20.3. The number of methoxy groups -OCH3 is 1. The highest BCUT2D eigenvalue weighted by Gasteiger charge is 2.40. The first-order valence-electron chi connectivity index (χ1n) is 9.17. The lowest BCUT2D eigenvalue weighted by Gasteiger charge is -2.42. The van der Waals surface area contributed by atoms with Crippen molar-refractivity contribution in [1.29, 1.82) is 0 Å². The number of pyridine rings is 1. The maximum atomic E-state index is 12.7. The Kier molecular flexibility index (Phi) is 6.07. The zero-order valence-electron chi connectivity index (χ0n) is 15.6. The molecule has 10 heteroatoms. The Bertz CT molecular complexity index is 703. The van der Waals surface area contributed by atoms with E-state index in [1.54, 1.807) is 17.0 Å². The van der Waals surface area contributed by atoms with E-state index in [0.717, 1.165) is 4.90 Å². The molecule has 7 nitrogen and oxygen atoms in total. The van der Waals surface area contributed by atoms with Gasteiger partial charge in [0.1, 0.15) is 6.54 Å². The molecule has 1 atom stereocenters. The van der Waals surface area contributed by atoms with E-state index in [-0.39, 0.29) is 12.5 Å². The van der Waals surface area contributed by atoms with Crippen LogP contribution >= 0.6 is 0 Å². The van der Waals surface area contributed by atoms with Gasteiger partial charge in [0.05, 0.1) is 18.7 Å². The predicted molar refractivity (Wildman–Crippen MR) is 93.9 cm³/mol. The predicted octanol–water partition coefficient (Wildman–Crippen LogP) is 1.40. The number of carbonyl (C=O) groups is 2. The highest BCUT2D eigenvalue weighted by Crippen LogP contribution is 2.24. The Balaban J connectivity index is 1.57. The van der Waals surface area contributed by atoms with Gasteiger partial charge in [0.2, 0.25) is 11.8 Å². The summed E-state index contributed by atoms with van der Waals surface area (Å²) in [7, 11) is 1.49. The van der Waals surface area contributed by atoms with Crippen molar-refractivity contribution in [2.24, 2.45) is 0 Å². The number of carbonyl (C=O) groups excluding carboxylic acids is 2. The minimum absolute atomic E-state index is 0.137. The highest BCUT2D eigenvalue weighted by atomic mass is 19.4. The molecule has 0 radical (unpaired) electrons. The van der Waals surface area contributed by atoms with Gasteiger partial charge >= 0.3 is 6.18 Å². The van der Waals surface area contributed by atoms with E-state index < -0.39 is 24.7 Å². The Morgan fingerprint density at radius 3 is 2.50 bits per heavy atom. The molecule has 0 N–H and O–H groups in total. The molecule has 2 saturated heterocycles. The molecule has 1 aromatic heterocycles. The molecule has 2 aliphatic rings. The number of hydrogen-bond donors (Lipinski definition) is 0. The van der Waals surface area contributed by atoms with Gasteiger partial charge in [-0.1, -0.05) is 0 Å². The molecular formula is C18H23F3N4O3. The van der Waals surface area contributed by atoms with Gasteiger partial charge in [0, 0.05) is 45.0 Å². The number of ether oxygens (including phenoxy) is 1. The van der Waals surface area contributed by atoms with Gasteiger partial charge in [-0.25, -0.2) is 4.98 Å². The number of piperazine rings is 1. The van der Waals surface area contributed by atoms with E-state index in [0.29, 0.717) is 50.5 Å². The largest absolute Gasteiger partial charge is 0.481 e. The number of likely N-dealkylation sites (tertiary alicyclic amines) is 1. The van der Waals surface area contributed by atoms with Gasteiger partial charge in [0.15, 0.2) is 0 Å². The standard InChI is InChI=1S/C18H23F3N4O3/c1-28-15-5-4-13(11-22-15)16(26)24-9-7-23(8-10-24)14-3-2-6-25(17(14)27)12-18(19,20)21/h4-5,11,14H,2-3,6-10,12H2,1H3. The summed E-state index contributed by atoms with van der Waals surface area (Å²) in [5.74, 6) is -0.216. The average molecular weight is 400 g/mol. The SMILES string of the molecule is COc1ccc(C(=O)N2CCN(C3CCCN(CC(F)(F)F)C3=O)CC2)cn1. The van der Waals surface area contributed by atoms with Crippen LogP contribution in [-0.2, 0) is 4.79 Å². The molecule has 0 spiro atoms. The van der Waals surface area contributed by atoms with Crippen LogP contribution in [0.25, 0.3) is 0 Å². The average Bonchev–Trinajstić information content (AvgIpc) is 2.68. The van der Waals surface area contributed by atoms with Crippen molar-refractivity contribution in [2.45, 2.75) is 25.1 Å². The maximum absolute atomic E-state index is 12.7. The number of aromatic nitrogens is 1. The Morgan fingerprint density at radius 1 is 1.21 bits per heavy atom. The molecule has 3 rings (SSSR count). The van der Waals surface area contributed by atoms with Crippen LogP contribution in [0.1, 0.15) is 23.2 Å². The van der Waals surface area contributed by atoms with E-state index in [9.17, 15) is 22.8 Å². The molecule has 1 aromatic rings. The number of piperidine rings is 1. The summed E-state index contributed by atoms with van der Waals surface area (Å²) in [6, 6.07) is 2.70. The second-order valence-electron chi connectivity index (χ2n) is 6.95. The third-order valence-electron chi connectivity index (χ3n) is 5.11. The van der Waals surface area contributed by atoms with Crippen LogP contribution in [0.5, 0.6) is 5.88 Å². The topological polar surface area (TPSA) is 66.0 Å². The monoisotopic (exact) mass is 400 g/mol. The molecular weight excluding hydrogens is 377 g/mol. The fourth-order valence-corrected chi connectivity index (χ4v) is 3.68. The molecule has 2 amide bonds. The summed E-state index contributed by atoms with van der Waals surface area (Å²) in [4.78, 5) is 33.5. The summed E-state index contributed by atoms with van der Waals surface area (Å²) in [6.07, 6.45) is -1.85. The lowest BCUT2D eigenvalue weighted by molar-refractivity contribution is -0.168. The van der Waals surface area contributed by atoms with Gasteiger partial charge in [-0.2, -0.15) is 13.2 Å². The molecule has 0 aliphatic carbocycles. The summed E-state index contributed by atoms with van der Waals surface area (Å²) >= 11 is 0. The number of hydrogen-bond acceptors (Lipinski definition) is 5. The molecule has 2 fully saturated rings. The third-order valence-corrected chi connectivity index (χ3v) is 5.11. The highest BCUT2D eigenvalue weighted by molar-refractivity contribution is 5.94. The molecule has 154 valence electrons. The number of amides is 2. The van der Waals surface area contributed by atoms with Crippen LogP contribution < -0.4 is 4.74 Å². The smallest absolute Gasteiger partial charge is 0.406 e.